The van der Waals surface area contributed by atoms with Crippen LogP contribution in [0.15, 0.2) is 18.7 Å². The predicted molar refractivity (Wildman–Crippen MR) is 95.1 cm³/mol. The van der Waals surface area contributed by atoms with Crippen molar-refractivity contribution in [1.82, 2.24) is 9.88 Å². The molecule has 0 radical (unpaired) electrons. The average Bonchev–Trinajstić information content (AvgIpc) is 3.15. The number of halogens is 1. The van der Waals surface area contributed by atoms with Crippen molar-refractivity contribution in [2.24, 2.45) is 5.73 Å². The normalized spacial score (nSPS) is 17.1. The quantitative estimate of drug-likeness (QED) is 0.743. The van der Waals surface area contributed by atoms with Gasteiger partial charge in [0.2, 0.25) is 5.91 Å². The number of likely N-dealkylation sites (tertiary alicyclic amines) is 1. The van der Waals surface area contributed by atoms with Crippen LogP contribution in [-0.4, -0.2) is 40.8 Å². The lowest BCUT2D eigenvalue weighted by Gasteiger charge is -2.18. The highest BCUT2D eigenvalue weighted by atomic mass is 19.1. The summed E-state index contributed by atoms with van der Waals surface area (Å²) in [6.45, 7) is 8.29. The second-order valence-corrected chi connectivity index (χ2v) is 6.39. The highest BCUT2D eigenvalue weighted by Gasteiger charge is 2.27. The summed E-state index contributed by atoms with van der Waals surface area (Å²) in [6, 6.07) is 1.08. The number of benzene rings is 1. The Kier molecular flexibility index (Phi) is 4.24. The van der Waals surface area contributed by atoms with Crippen molar-refractivity contribution in [2.75, 3.05) is 18.4 Å². The molecular weight excluding hydrogens is 323 g/mol. The molecule has 2 amide bonds. The van der Waals surface area contributed by atoms with Gasteiger partial charge in [0.25, 0.3) is 5.91 Å². The van der Waals surface area contributed by atoms with Crippen LogP contribution in [0.5, 0.6) is 0 Å². The van der Waals surface area contributed by atoms with E-state index in [9.17, 15) is 14.0 Å². The maximum atomic E-state index is 14.7. The van der Waals surface area contributed by atoms with Gasteiger partial charge in [-0.1, -0.05) is 6.58 Å². The summed E-state index contributed by atoms with van der Waals surface area (Å²) in [5.41, 5.74) is 8.09. The number of fused-ring (bicyclic) bond motifs is 1. The Bertz CT molecular complexity index is 887. The van der Waals surface area contributed by atoms with E-state index in [1.807, 2.05) is 13.8 Å². The number of nitrogens with one attached hydrogen (secondary N) is 2. The third kappa shape index (κ3) is 2.86. The summed E-state index contributed by atoms with van der Waals surface area (Å²) in [5.74, 6) is -1.34. The van der Waals surface area contributed by atoms with E-state index in [-0.39, 0.29) is 17.5 Å². The predicted octanol–water partition coefficient (Wildman–Crippen LogP) is 2.22. The first-order chi connectivity index (χ1) is 11.8. The number of nitrogens with zero attached hydrogens (tertiary/aromatic N) is 1. The molecule has 2 aromatic rings. The second kappa shape index (κ2) is 6.23. The molecule has 2 heterocycles. The number of primary amides is 1. The van der Waals surface area contributed by atoms with Gasteiger partial charge < -0.3 is 20.9 Å². The number of hydrogen-bond donors (Lipinski definition) is 3. The summed E-state index contributed by atoms with van der Waals surface area (Å²) < 4.78 is 14.7. The first-order valence-electron chi connectivity index (χ1n) is 8.12. The van der Waals surface area contributed by atoms with Gasteiger partial charge >= 0.3 is 0 Å². The molecule has 7 heteroatoms. The van der Waals surface area contributed by atoms with Crippen LogP contribution in [0.25, 0.3) is 10.9 Å². The van der Waals surface area contributed by atoms with Crippen molar-refractivity contribution in [3.05, 3.63) is 41.4 Å². The average molecular weight is 344 g/mol. The maximum Gasteiger partial charge on any atom is 0.250 e. The van der Waals surface area contributed by atoms with Crippen molar-refractivity contribution in [3.8, 4) is 0 Å². The van der Waals surface area contributed by atoms with Crippen LogP contribution in [0.4, 0.5) is 10.1 Å². The Morgan fingerprint density at radius 1 is 1.48 bits per heavy atom. The molecule has 1 aliphatic heterocycles. The number of aromatic nitrogens is 1. The molecule has 1 fully saturated rings. The highest BCUT2D eigenvalue weighted by molar-refractivity contribution is 6.10. The van der Waals surface area contributed by atoms with Crippen molar-refractivity contribution in [2.45, 2.75) is 26.3 Å². The number of amides is 2. The van der Waals surface area contributed by atoms with Gasteiger partial charge in [-0.3, -0.25) is 9.59 Å². The van der Waals surface area contributed by atoms with Crippen LogP contribution in [0, 0.1) is 19.7 Å². The zero-order chi connectivity index (χ0) is 18.3. The summed E-state index contributed by atoms with van der Waals surface area (Å²) >= 11 is 0. The van der Waals surface area contributed by atoms with E-state index in [1.54, 1.807) is 4.90 Å². The van der Waals surface area contributed by atoms with Gasteiger partial charge in [-0.05, 0) is 38.0 Å². The fraction of sp³-hybridized carbons (Fsp3) is 0.333. The molecule has 1 aromatic carbocycles. The molecule has 1 aliphatic rings. The maximum absolute atomic E-state index is 14.7. The molecule has 132 valence electrons. The molecule has 0 bridgehead atoms. The van der Waals surface area contributed by atoms with E-state index in [0.29, 0.717) is 36.1 Å². The number of nitrogens with two attached hydrogens (primary N) is 1. The van der Waals surface area contributed by atoms with Gasteiger partial charge in [-0.25, -0.2) is 4.39 Å². The minimum Gasteiger partial charge on any atom is -0.378 e. The topological polar surface area (TPSA) is 91.2 Å². The van der Waals surface area contributed by atoms with E-state index in [1.165, 1.54) is 6.08 Å². The van der Waals surface area contributed by atoms with E-state index in [0.717, 1.165) is 17.3 Å². The Morgan fingerprint density at radius 2 is 2.20 bits per heavy atom. The van der Waals surface area contributed by atoms with Gasteiger partial charge in [0, 0.05) is 30.2 Å². The Hall–Kier alpha value is -2.83. The Labute approximate surface area is 144 Å². The largest absolute Gasteiger partial charge is 0.378 e. The van der Waals surface area contributed by atoms with Crippen molar-refractivity contribution in [3.63, 3.8) is 0 Å². The summed E-state index contributed by atoms with van der Waals surface area (Å²) in [5, 5.41) is 3.83. The van der Waals surface area contributed by atoms with Gasteiger partial charge in [-0.15, -0.1) is 0 Å². The smallest absolute Gasteiger partial charge is 0.250 e. The first kappa shape index (κ1) is 17.0. The van der Waals surface area contributed by atoms with Gasteiger partial charge in [0.1, 0.15) is 5.82 Å². The SMILES string of the molecule is C=CC(=O)N1CCC(Nc2c(F)cc(C(N)=O)c3[nH]c(C)c(C)c23)C1. The van der Waals surface area contributed by atoms with Gasteiger partial charge in [0.15, 0.2) is 0 Å². The number of hydrogen-bond acceptors (Lipinski definition) is 3. The molecule has 1 atom stereocenters. The van der Waals surface area contributed by atoms with Gasteiger partial charge in [0.05, 0.1) is 16.8 Å². The zero-order valence-electron chi connectivity index (χ0n) is 14.3. The van der Waals surface area contributed by atoms with E-state index in [2.05, 4.69) is 16.9 Å². The third-order valence-electron chi connectivity index (χ3n) is 4.82. The van der Waals surface area contributed by atoms with E-state index < -0.39 is 11.7 Å². The number of aryl methyl sites for hydroxylation is 2. The second-order valence-electron chi connectivity index (χ2n) is 6.39. The fourth-order valence-corrected chi connectivity index (χ4v) is 3.37. The molecule has 1 unspecified atom stereocenters. The number of H-pyrrole nitrogens is 1. The van der Waals surface area contributed by atoms with E-state index in [4.69, 9.17) is 5.73 Å². The highest BCUT2D eigenvalue weighted by Crippen LogP contribution is 2.34. The lowest BCUT2D eigenvalue weighted by Crippen LogP contribution is -2.30. The number of aromatic amines is 1. The summed E-state index contributed by atoms with van der Waals surface area (Å²) in [6.07, 6.45) is 1.99. The van der Waals surface area contributed by atoms with Crippen LogP contribution in [-0.2, 0) is 4.79 Å². The summed E-state index contributed by atoms with van der Waals surface area (Å²) in [4.78, 5) is 28.2. The molecule has 0 saturated carbocycles. The minimum atomic E-state index is -0.680. The van der Waals surface area contributed by atoms with Crippen LogP contribution < -0.4 is 11.1 Å². The molecule has 6 nitrogen and oxygen atoms in total. The monoisotopic (exact) mass is 344 g/mol. The van der Waals surface area contributed by atoms with Crippen molar-refractivity contribution in [1.29, 1.82) is 0 Å². The Balaban J connectivity index is 2.01. The fourth-order valence-electron chi connectivity index (χ4n) is 3.37. The van der Waals surface area contributed by atoms with Crippen molar-refractivity contribution < 1.29 is 14.0 Å². The zero-order valence-corrected chi connectivity index (χ0v) is 14.3. The number of rotatable bonds is 4. The van der Waals surface area contributed by atoms with Crippen LogP contribution in [0.3, 0.4) is 0 Å². The van der Waals surface area contributed by atoms with Crippen LogP contribution in [0.2, 0.25) is 0 Å². The Morgan fingerprint density at radius 3 is 2.84 bits per heavy atom. The molecule has 4 N–H and O–H groups in total. The molecule has 3 rings (SSSR count). The first-order valence-corrected chi connectivity index (χ1v) is 8.12. The van der Waals surface area contributed by atoms with Gasteiger partial charge in [-0.2, -0.15) is 0 Å². The number of carbonyl (C=O) groups is 2. The molecule has 1 aromatic heterocycles. The molecule has 0 spiro atoms. The number of anilines is 1. The molecule has 25 heavy (non-hydrogen) atoms. The lowest BCUT2D eigenvalue weighted by molar-refractivity contribution is -0.125. The van der Waals surface area contributed by atoms with Crippen LogP contribution >= 0.6 is 0 Å². The standard InChI is InChI=1S/C18H21FN4O2/c1-4-14(24)23-6-5-11(8-23)22-17-13(19)7-12(18(20)25)16-15(17)9(2)10(3)21-16/h4,7,11,21-22H,1,5-6,8H2,2-3H3,(H2,20,25). The number of carbonyl (C=O) groups excluding carboxylic acids is 2. The third-order valence-corrected chi connectivity index (χ3v) is 4.82. The van der Waals surface area contributed by atoms with Crippen LogP contribution in [0.1, 0.15) is 28.0 Å². The molecular formula is C18H21FN4O2. The molecule has 1 saturated heterocycles. The minimum absolute atomic E-state index is 0.0735. The van der Waals surface area contributed by atoms with E-state index >= 15 is 0 Å². The summed E-state index contributed by atoms with van der Waals surface area (Å²) in [7, 11) is 0. The lowest BCUT2D eigenvalue weighted by atomic mass is 10.0. The molecule has 0 aliphatic carbocycles. The van der Waals surface area contributed by atoms with Crippen molar-refractivity contribution >= 4 is 28.4 Å².